The number of piperidine rings is 1. The zero-order valence-corrected chi connectivity index (χ0v) is 13.4. The van der Waals surface area contributed by atoms with Gasteiger partial charge in [0.25, 0.3) is 5.91 Å². The first-order valence-electron chi connectivity index (χ1n) is 8.04. The van der Waals surface area contributed by atoms with Crippen LogP contribution in [0.5, 0.6) is 0 Å². The molecule has 1 unspecified atom stereocenters. The number of hydrogen-bond acceptors (Lipinski definition) is 4. The molecule has 1 fully saturated rings. The van der Waals surface area contributed by atoms with Crippen molar-refractivity contribution in [2.24, 2.45) is 0 Å². The van der Waals surface area contributed by atoms with E-state index in [0.717, 1.165) is 18.4 Å². The molecule has 2 heterocycles. The number of aromatic nitrogens is 3. The number of carbonyl (C=O) groups is 1. The maximum Gasteiger partial charge on any atom is 0.276 e. The van der Waals surface area contributed by atoms with Crippen LogP contribution in [0.3, 0.4) is 0 Å². The Hall–Kier alpha value is -2.21. The highest BCUT2D eigenvalue weighted by molar-refractivity contribution is 5.92. The Morgan fingerprint density at radius 2 is 2.13 bits per heavy atom. The quantitative estimate of drug-likeness (QED) is 0.927. The molecule has 1 atom stereocenters. The van der Waals surface area contributed by atoms with Crippen LogP contribution in [0, 0.1) is 0 Å². The SMILES string of the molecule is CCn1cc(C(=O)N2CCCC(CO)(c3ccccc3)C2)nn1. The molecule has 2 aromatic rings. The molecule has 23 heavy (non-hydrogen) atoms. The Morgan fingerprint density at radius 1 is 1.35 bits per heavy atom. The Bertz CT molecular complexity index is 670. The van der Waals surface area contributed by atoms with Crippen LogP contribution in [0.1, 0.15) is 35.8 Å². The summed E-state index contributed by atoms with van der Waals surface area (Å²) in [6, 6.07) is 9.96. The van der Waals surface area contributed by atoms with Crippen molar-refractivity contribution in [2.45, 2.75) is 31.7 Å². The minimum atomic E-state index is -0.393. The van der Waals surface area contributed by atoms with Gasteiger partial charge in [-0.1, -0.05) is 35.5 Å². The third-order valence-corrected chi connectivity index (χ3v) is 4.63. The van der Waals surface area contributed by atoms with Crippen molar-refractivity contribution in [2.75, 3.05) is 19.7 Å². The van der Waals surface area contributed by atoms with Crippen molar-refractivity contribution in [1.82, 2.24) is 19.9 Å². The highest BCUT2D eigenvalue weighted by atomic mass is 16.3. The standard InChI is InChI=1S/C17H22N4O2/c1-2-21-11-15(18-19-21)16(23)20-10-6-9-17(12-20,13-22)14-7-4-3-5-8-14/h3-5,7-8,11,22H,2,6,9-10,12-13H2,1H3. The summed E-state index contributed by atoms with van der Waals surface area (Å²) in [7, 11) is 0. The van der Waals surface area contributed by atoms with E-state index in [9.17, 15) is 9.90 Å². The molecule has 1 aliphatic rings. The molecule has 1 aliphatic heterocycles. The first-order valence-corrected chi connectivity index (χ1v) is 8.04. The fourth-order valence-corrected chi connectivity index (χ4v) is 3.27. The minimum Gasteiger partial charge on any atom is -0.395 e. The molecule has 0 bridgehead atoms. The van der Waals surface area contributed by atoms with Gasteiger partial charge in [-0.3, -0.25) is 9.48 Å². The minimum absolute atomic E-state index is 0.0302. The Morgan fingerprint density at radius 3 is 2.78 bits per heavy atom. The lowest BCUT2D eigenvalue weighted by atomic mass is 9.74. The summed E-state index contributed by atoms with van der Waals surface area (Å²) in [5.74, 6) is -0.113. The van der Waals surface area contributed by atoms with Gasteiger partial charge in [-0.2, -0.15) is 0 Å². The van der Waals surface area contributed by atoms with Crippen molar-refractivity contribution in [3.8, 4) is 0 Å². The third kappa shape index (κ3) is 2.99. The second-order valence-corrected chi connectivity index (χ2v) is 6.09. The van der Waals surface area contributed by atoms with Gasteiger partial charge in [0.05, 0.1) is 12.8 Å². The lowest BCUT2D eigenvalue weighted by Gasteiger charge is -2.42. The first kappa shape index (κ1) is 15.7. The maximum atomic E-state index is 12.7. The molecule has 3 rings (SSSR count). The van der Waals surface area contributed by atoms with E-state index in [1.807, 2.05) is 37.3 Å². The number of hydrogen-bond donors (Lipinski definition) is 1. The van der Waals surface area contributed by atoms with Crippen LogP contribution in [-0.4, -0.2) is 50.6 Å². The fraction of sp³-hybridized carbons (Fsp3) is 0.471. The normalized spacial score (nSPS) is 21.4. The zero-order valence-electron chi connectivity index (χ0n) is 13.4. The number of amides is 1. The van der Waals surface area contributed by atoms with Crippen LogP contribution in [0.2, 0.25) is 0 Å². The van der Waals surface area contributed by atoms with Crippen molar-refractivity contribution >= 4 is 5.91 Å². The molecule has 1 amide bonds. The van der Waals surface area contributed by atoms with Crippen LogP contribution in [-0.2, 0) is 12.0 Å². The van der Waals surface area contributed by atoms with Crippen molar-refractivity contribution in [3.05, 3.63) is 47.8 Å². The lowest BCUT2D eigenvalue weighted by molar-refractivity contribution is 0.0537. The number of aryl methyl sites for hydroxylation is 1. The van der Waals surface area contributed by atoms with Crippen LogP contribution < -0.4 is 0 Å². The van der Waals surface area contributed by atoms with Gasteiger partial charge >= 0.3 is 0 Å². The molecule has 6 nitrogen and oxygen atoms in total. The fourth-order valence-electron chi connectivity index (χ4n) is 3.27. The number of aliphatic hydroxyl groups excluding tert-OH is 1. The smallest absolute Gasteiger partial charge is 0.276 e. The average Bonchev–Trinajstić information content (AvgIpc) is 3.11. The van der Waals surface area contributed by atoms with Gasteiger partial charge in [-0.05, 0) is 25.3 Å². The largest absolute Gasteiger partial charge is 0.395 e. The topological polar surface area (TPSA) is 71.2 Å². The van der Waals surface area contributed by atoms with Crippen LogP contribution in [0.15, 0.2) is 36.5 Å². The molecule has 0 radical (unpaired) electrons. The predicted molar refractivity (Wildman–Crippen MR) is 86.0 cm³/mol. The van der Waals surface area contributed by atoms with E-state index in [1.165, 1.54) is 0 Å². The molecule has 0 aliphatic carbocycles. The number of benzene rings is 1. The van der Waals surface area contributed by atoms with Gasteiger partial charge in [-0.25, -0.2) is 0 Å². The maximum absolute atomic E-state index is 12.7. The number of aliphatic hydroxyl groups is 1. The van der Waals surface area contributed by atoms with Crippen LogP contribution in [0.4, 0.5) is 0 Å². The predicted octanol–water partition coefficient (Wildman–Crippen LogP) is 1.46. The van der Waals surface area contributed by atoms with Gasteiger partial charge < -0.3 is 10.0 Å². The number of carbonyl (C=O) groups excluding carboxylic acids is 1. The van der Waals surface area contributed by atoms with E-state index in [-0.39, 0.29) is 12.5 Å². The average molecular weight is 314 g/mol. The van der Waals surface area contributed by atoms with Crippen molar-refractivity contribution in [1.29, 1.82) is 0 Å². The zero-order chi connectivity index (χ0) is 16.3. The van der Waals surface area contributed by atoms with E-state index in [0.29, 0.717) is 25.3 Å². The summed E-state index contributed by atoms with van der Waals surface area (Å²) in [5, 5.41) is 17.9. The summed E-state index contributed by atoms with van der Waals surface area (Å²) in [6.45, 7) is 3.86. The van der Waals surface area contributed by atoms with Gasteiger partial charge in [-0.15, -0.1) is 5.10 Å². The highest BCUT2D eigenvalue weighted by Crippen LogP contribution is 2.34. The van der Waals surface area contributed by atoms with E-state index >= 15 is 0 Å². The summed E-state index contributed by atoms with van der Waals surface area (Å²) < 4.78 is 1.65. The molecule has 1 aromatic carbocycles. The molecular weight excluding hydrogens is 292 g/mol. The monoisotopic (exact) mass is 314 g/mol. The Balaban J connectivity index is 1.83. The summed E-state index contributed by atoms with van der Waals surface area (Å²) >= 11 is 0. The van der Waals surface area contributed by atoms with Crippen molar-refractivity contribution < 1.29 is 9.90 Å². The molecule has 1 aromatic heterocycles. The highest BCUT2D eigenvalue weighted by Gasteiger charge is 2.38. The summed E-state index contributed by atoms with van der Waals surface area (Å²) in [6.07, 6.45) is 3.42. The third-order valence-electron chi connectivity index (χ3n) is 4.63. The van der Waals surface area contributed by atoms with Crippen molar-refractivity contribution in [3.63, 3.8) is 0 Å². The van der Waals surface area contributed by atoms with E-state index in [2.05, 4.69) is 10.3 Å². The van der Waals surface area contributed by atoms with Gasteiger partial charge in [0.2, 0.25) is 0 Å². The van der Waals surface area contributed by atoms with E-state index in [4.69, 9.17) is 0 Å². The van der Waals surface area contributed by atoms with Crippen LogP contribution >= 0.6 is 0 Å². The molecule has 1 saturated heterocycles. The Labute approximate surface area is 135 Å². The van der Waals surface area contributed by atoms with Gasteiger partial charge in [0.1, 0.15) is 0 Å². The summed E-state index contributed by atoms with van der Waals surface area (Å²) in [5.41, 5.74) is 1.06. The summed E-state index contributed by atoms with van der Waals surface area (Å²) in [4.78, 5) is 14.5. The number of likely N-dealkylation sites (tertiary alicyclic amines) is 1. The number of nitrogens with zero attached hydrogens (tertiary/aromatic N) is 4. The van der Waals surface area contributed by atoms with E-state index in [1.54, 1.807) is 15.8 Å². The molecule has 0 spiro atoms. The molecule has 6 heteroatoms. The second kappa shape index (κ2) is 6.50. The first-order chi connectivity index (χ1) is 11.2. The second-order valence-electron chi connectivity index (χ2n) is 6.09. The van der Waals surface area contributed by atoms with Gasteiger partial charge in [0, 0.05) is 25.0 Å². The lowest BCUT2D eigenvalue weighted by Crippen LogP contribution is -2.50. The molecule has 0 saturated carbocycles. The van der Waals surface area contributed by atoms with E-state index < -0.39 is 5.41 Å². The van der Waals surface area contributed by atoms with Crippen LogP contribution in [0.25, 0.3) is 0 Å². The molecular formula is C17H22N4O2. The Kier molecular flexibility index (Phi) is 4.43. The molecule has 1 N–H and O–H groups in total. The molecule has 122 valence electrons. The van der Waals surface area contributed by atoms with Gasteiger partial charge in [0.15, 0.2) is 5.69 Å². The number of rotatable bonds is 4.